The van der Waals surface area contributed by atoms with E-state index in [9.17, 15) is 19.2 Å². The van der Waals surface area contributed by atoms with E-state index in [0.29, 0.717) is 38.3 Å². The van der Waals surface area contributed by atoms with Gasteiger partial charge in [-0.1, -0.05) is 62.8 Å². The van der Waals surface area contributed by atoms with Crippen molar-refractivity contribution in [1.82, 2.24) is 15.1 Å². The molecule has 34 heavy (non-hydrogen) atoms. The van der Waals surface area contributed by atoms with Gasteiger partial charge in [0.2, 0.25) is 23.6 Å². The average molecular weight is 468 g/mol. The predicted molar refractivity (Wildman–Crippen MR) is 130 cm³/mol. The Kier molecular flexibility index (Phi) is 8.64. The monoisotopic (exact) mass is 467 g/mol. The van der Waals surface area contributed by atoms with Gasteiger partial charge in [0.05, 0.1) is 11.8 Å². The number of nitrogens with zero attached hydrogens (tertiary/aromatic N) is 2. The van der Waals surface area contributed by atoms with Gasteiger partial charge >= 0.3 is 0 Å². The molecule has 4 amide bonds. The van der Waals surface area contributed by atoms with E-state index < -0.39 is 6.04 Å². The SMILES string of the molecule is CC[C@@H](C(=O)NCC(C)C)N(Cc1ccc(C)cc1)C(=O)CCN1C(=O)[C@H]2CC=CC[C@H]2C1=O. The zero-order valence-corrected chi connectivity index (χ0v) is 20.8. The number of allylic oxidation sites excluding steroid dienone is 2. The summed E-state index contributed by atoms with van der Waals surface area (Å²) in [7, 11) is 0. The summed E-state index contributed by atoms with van der Waals surface area (Å²) in [6.45, 7) is 8.82. The van der Waals surface area contributed by atoms with Gasteiger partial charge < -0.3 is 10.2 Å². The third kappa shape index (κ3) is 5.93. The molecule has 1 heterocycles. The second kappa shape index (κ2) is 11.4. The Bertz CT molecular complexity index is 912. The molecule has 1 saturated heterocycles. The van der Waals surface area contributed by atoms with E-state index in [1.807, 2.05) is 64.1 Å². The van der Waals surface area contributed by atoms with Crippen molar-refractivity contribution in [2.45, 2.75) is 66.0 Å². The van der Waals surface area contributed by atoms with Crippen LogP contribution in [0.2, 0.25) is 0 Å². The van der Waals surface area contributed by atoms with Crippen LogP contribution in [0.25, 0.3) is 0 Å². The first-order chi connectivity index (χ1) is 16.2. The van der Waals surface area contributed by atoms with Crippen molar-refractivity contribution < 1.29 is 19.2 Å². The quantitative estimate of drug-likeness (QED) is 0.423. The number of carbonyl (C=O) groups is 4. The van der Waals surface area contributed by atoms with Crippen molar-refractivity contribution in [2.24, 2.45) is 17.8 Å². The average Bonchev–Trinajstić information content (AvgIpc) is 3.07. The van der Waals surface area contributed by atoms with Gasteiger partial charge in [-0.25, -0.2) is 0 Å². The molecule has 1 aromatic rings. The lowest BCUT2D eigenvalue weighted by molar-refractivity contribution is -0.144. The van der Waals surface area contributed by atoms with Crippen LogP contribution in [0.1, 0.15) is 57.6 Å². The van der Waals surface area contributed by atoms with Crippen LogP contribution in [0.15, 0.2) is 36.4 Å². The molecule has 0 saturated carbocycles. The van der Waals surface area contributed by atoms with E-state index in [1.54, 1.807) is 4.90 Å². The van der Waals surface area contributed by atoms with Gasteiger partial charge in [0.25, 0.3) is 0 Å². The normalized spacial score (nSPS) is 20.4. The Morgan fingerprint density at radius 2 is 1.65 bits per heavy atom. The number of nitrogens with one attached hydrogen (secondary N) is 1. The molecule has 7 heteroatoms. The van der Waals surface area contributed by atoms with Gasteiger partial charge in [-0.2, -0.15) is 0 Å². The molecular weight excluding hydrogens is 430 g/mol. The number of hydrogen-bond acceptors (Lipinski definition) is 4. The van der Waals surface area contributed by atoms with Crippen LogP contribution in [-0.4, -0.2) is 52.6 Å². The van der Waals surface area contributed by atoms with Crippen LogP contribution in [0.5, 0.6) is 0 Å². The molecule has 2 aliphatic rings. The molecule has 184 valence electrons. The number of aryl methyl sites for hydroxylation is 1. The first-order valence-electron chi connectivity index (χ1n) is 12.4. The van der Waals surface area contributed by atoms with Gasteiger partial charge in [-0.15, -0.1) is 0 Å². The van der Waals surface area contributed by atoms with E-state index in [1.165, 1.54) is 4.90 Å². The molecule has 0 radical (unpaired) electrons. The number of rotatable bonds is 10. The highest BCUT2D eigenvalue weighted by molar-refractivity contribution is 6.05. The van der Waals surface area contributed by atoms with Crippen LogP contribution < -0.4 is 5.32 Å². The van der Waals surface area contributed by atoms with Gasteiger partial charge in [-0.05, 0) is 37.7 Å². The van der Waals surface area contributed by atoms with Crippen LogP contribution in [0, 0.1) is 24.7 Å². The van der Waals surface area contributed by atoms with Crippen molar-refractivity contribution >= 4 is 23.6 Å². The Morgan fingerprint density at radius 1 is 1.06 bits per heavy atom. The zero-order valence-electron chi connectivity index (χ0n) is 20.8. The third-order valence-corrected chi connectivity index (χ3v) is 6.69. The van der Waals surface area contributed by atoms with Crippen molar-refractivity contribution in [2.75, 3.05) is 13.1 Å². The van der Waals surface area contributed by atoms with E-state index in [4.69, 9.17) is 0 Å². The van der Waals surface area contributed by atoms with Crippen LogP contribution >= 0.6 is 0 Å². The number of likely N-dealkylation sites (tertiary alicyclic amines) is 1. The van der Waals surface area contributed by atoms with Gasteiger partial charge in [-0.3, -0.25) is 24.1 Å². The van der Waals surface area contributed by atoms with Crippen molar-refractivity contribution in [3.63, 3.8) is 0 Å². The highest BCUT2D eigenvalue weighted by Gasteiger charge is 2.47. The van der Waals surface area contributed by atoms with Crippen molar-refractivity contribution in [3.8, 4) is 0 Å². The second-order valence-corrected chi connectivity index (χ2v) is 9.80. The lowest BCUT2D eigenvalue weighted by Gasteiger charge is -2.31. The Hall–Kier alpha value is -2.96. The summed E-state index contributed by atoms with van der Waals surface area (Å²) >= 11 is 0. The molecule has 3 rings (SSSR count). The largest absolute Gasteiger partial charge is 0.354 e. The van der Waals surface area contributed by atoms with Crippen LogP contribution in [0.4, 0.5) is 0 Å². The van der Waals surface area contributed by atoms with Gasteiger partial charge in [0.15, 0.2) is 0 Å². The molecule has 1 N–H and O–H groups in total. The minimum atomic E-state index is -0.621. The summed E-state index contributed by atoms with van der Waals surface area (Å²) in [6.07, 6.45) is 5.53. The first-order valence-corrected chi connectivity index (χ1v) is 12.4. The van der Waals surface area contributed by atoms with Crippen LogP contribution in [0.3, 0.4) is 0 Å². The Balaban J connectivity index is 1.74. The lowest BCUT2D eigenvalue weighted by atomic mass is 9.85. The highest BCUT2D eigenvalue weighted by atomic mass is 16.2. The van der Waals surface area contributed by atoms with Gasteiger partial charge in [0.1, 0.15) is 6.04 Å². The van der Waals surface area contributed by atoms with E-state index >= 15 is 0 Å². The summed E-state index contributed by atoms with van der Waals surface area (Å²) in [5.74, 6) is -1.09. The van der Waals surface area contributed by atoms with Crippen LogP contribution in [-0.2, 0) is 25.7 Å². The summed E-state index contributed by atoms with van der Waals surface area (Å²) in [5, 5.41) is 2.95. The maximum atomic E-state index is 13.4. The van der Waals surface area contributed by atoms with E-state index in [-0.39, 0.29) is 48.4 Å². The summed E-state index contributed by atoms with van der Waals surface area (Å²) in [5.41, 5.74) is 2.05. The molecule has 7 nitrogen and oxygen atoms in total. The molecule has 3 atom stereocenters. The second-order valence-electron chi connectivity index (χ2n) is 9.80. The standard InChI is InChI=1S/C27H37N3O4/c1-5-23(25(32)28-16-18(2)3)30(17-20-12-10-19(4)11-13-20)24(31)14-15-29-26(33)21-8-6-7-9-22(21)27(29)34/h6-7,10-13,18,21-23H,5,8-9,14-17H2,1-4H3,(H,28,32)/t21-,22+,23-/m0/s1. The maximum Gasteiger partial charge on any atom is 0.242 e. The smallest absolute Gasteiger partial charge is 0.242 e. The molecule has 0 spiro atoms. The summed E-state index contributed by atoms with van der Waals surface area (Å²) in [4.78, 5) is 54.8. The van der Waals surface area contributed by atoms with E-state index in [0.717, 1.165) is 11.1 Å². The molecule has 0 unspecified atom stereocenters. The minimum Gasteiger partial charge on any atom is -0.354 e. The summed E-state index contributed by atoms with van der Waals surface area (Å²) in [6, 6.07) is 7.26. The first kappa shape index (κ1) is 25.7. The molecule has 0 aromatic heterocycles. The fourth-order valence-electron chi connectivity index (χ4n) is 4.67. The maximum absolute atomic E-state index is 13.4. The number of fused-ring (bicyclic) bond motifs is 1. The zero-order chi connectivity index (χ0) is 24.8. The lowest BCUT2D eigenvalue weighted by Crippen LogP contribution is -2.50. The molecular formula is C27H37N3O4. The summed E-state index contributed by atoms with van der Waals surface area (Å²) < 4.78 is 0. The number of amides is 4. The molecule has 1 aliphatic carbocycles. The third-order valence-electron chi connectivity index (χ3n) is 6.69. The fraction of sp³-hybridized carbons (Fsp3) is 0.556. The number of carbonyl (C=O) groups excluding carboxylic acids is 4. The predicted octanol–water partition coefficient (Wildman–Crippen LogP) is 3.22. The Labute approximate surface area is 202 Å². The number of benzene rings is 1. The van der Waals surface area contributed by atoms with Crippen molar-refractivity contribution in [3.05, 3.63) is 47.5 Å². The fourth-order valence-corrected chi connectivity index (χ4v) is 4.67. The van der Waals surface area contributed by atoms with Crippen molar-refractivity contribution in [1.29, 1.82) is 0 Å². The number of imide groups is 1. The molecule has 0 bridgehead atoms. The molecule has 1 fully saturated rings. The topological polar surface area (TPSA) is 86.8 Å². The minimum absolute atomic E-state index is 0.00414. The Morgan fingerprint density at radius 3 is 2.18 bits per heavy atom. The number of hydrogen-bond donors (Lipinski definition) is 1. The molecule has 1 aliphatic heterocycles. The van der Waals surface area contributed by atoms with Gasteiger partial charge in [0, 0.05) is 26.1 Å². The highest BCUT2D eigenvalue weighted by Crippen LogP contribution is 2.35. The van der Waals surface area contributed by atoms with E-state index in [2.05, 4.69) is 5.32 Å². The molecule has 1 aromatic carbocycles.